The summed E-state index contributed by atoms with van der Waals surface area (Å²) >= 11 is 0. The fourth-order valence-corrected chi connectivity index (χ4v) is 3.20. The number of anilines is 1. The zero-order valence-corrected chi connectivity index (χ0v) is 15.3. The molecule has 142 valence electrons. The van der Waals surface area contributed by atoms with Gasteiger partial charge in [-0.05, 0) is 42.2 Å². The Kier molecular flexibility index (Phi) is 5.24. The number of rotatable bonds is 6. The van der Waals surface area contributed by atoms with Crippen LogP contribution in [-0.4, -0.2) is 12.7 Å². The molecule has 0 bridgehead atoms. The average molecular weight is 377 g/mol. The minimum atomic E-state index is -0.226. The zero-order valence-electron chi connectivity index (χ0n) is 15.3. The number of halogens is 1. The van der Waals surface area contributed by atoms with Gasteiger partial charge in [-0.15, -0.1) is 0 Å². The predicted octanol–water partition coefficient (Wildman–Crippen LogP) is 5.18. The lowest BCUT2D eigenvalue weighted by Crippen LogP contribution is -2.11. The summed E-state index contributed by atoms with van der Waals surface area (Å²) in [5.41, 5.74) is 3.26. The van der Waals surface area contributed by atoms with Crippen molar-refractivity contribution in [3.8, 4) is 22.6 Å². The fourth-order valence-electron chi connectivity index (χ4n) is 3.20. The van der Waals surface area contributed by atoms with Gasteiger partial charge in [-0.1, -0.05) is 42.5 Å². The summed E-state index contributed by atoms with van der Waals surface area (Å²) in [6.07, 6.45) is 1.94. The van der Waals surface area contributed by atoms with Gasteiger partial charge in [0.25, 0.3) is 0 Å². The molecule has 1 aliphatic rings. The molecule has 0 aliphatic carbocycles. The maximum absolute atomic E-state index is 13.9. The largest absolute Gasteiger partial charge is 0.454 e. The molecule has 0 radical (unpaired) electrons. The van der Waals surface area contributed by atoms with Crippen molar-refractivity contribution in [1.82, 2.24) is 0 Å². The summed E-state index contributed by atoms with van der Waals surface area (Å²) < 4.78 is 24.4. The lowest BCUT2D eigenvalue weighted by atomic mass is 10.0. The number of fused-ring (bicyclic) bond motifs is 1. The molecule has 0 unspecified atom stereocenters. The maximum Gasteiger partial charge on any atom is 0.231 e. The van der Waals surface area contributed by atoms with Crippen LogP contribution in [0.3, 0.4) is 0 Å². The third-order valence-electron chi connectivity index (χ3n) is 4.66. The van der Waals surface area contributed by atoms with Crippen molar-refractivity contribution in [3.63, 3.8) is 0 Å². The second-order valence-corrected chi connectivity index (χ2v) is 6.65. The molecule has 0 spiro atoms. The number of ether oxygens (including phenoxy) is 2. The molecule has 1 aliphatic heterocycles. The summed E-state index contributed by atoms with van der Waals surface area (Å²) in [6, 6.07) is 19.9. The highest BCUT2D eigenvalue weighted by Gasteiger charge is 2.14. The Bertz CT molecular complexity index is 985. The molecule has 3 aromatic rings. The van der Waals surface area contributed by atoms with E-state index in [-0.39, 0.29) is 18.5 Å². The number of benzene rings is 3. The maximum atomic E-state index is 13.9. The number of nitrogens with one attached hydrogen (secondary N) is 1. The first kappa shape index (κ1) is 18.0. The molecule has 1 amide bonds. The van der Waals surface area contributed by atoms with Crippen LogP contribution in [-0.2, 0) is 11.2 Å². The third kappa shape index (κ3) is 4.14. The molecule has 28 heavy (non-hydrogen) atoms. The van der Waals surface area contributed by atoms with E-state index >= 15 is 0 Å². The van der Waals surface area contributed by atoms with Crippen molar-refractivity contribution >= 4 is 11.6 Å². The van der Waals surface area contributed by atoms with E-state index in [4.69, 9.17) is 9.47 Å². The first-order valence-corrected chi connectivity index (χ1v) is 9.22. The monoisotopic (exact) mass is 377 g/mol. The SMILES string of the molecule is O=C(CCCc1ccc(-c2ccccc2F)cc1)Nc1ccc2c(c1)OCO2. The van der Waals surface area contributed by atoms with Crippen LogP contribution in [0, 0.1) is 5.82 Å². The van der Waals surface area contributed by atoms with E-state index in [1.54, 1.807) is 30.3 Å². The van der Waals surface area contributed by atoms with Gasteiger partial charge >= 0.3 is 0 Å². The molecule has 5 heteroatoms. The van der Waals surface area contributed by atoms with Gasteiger partial charge in [0.05, 0.1) is 0 Å². The van der Waals surface area contributed by atoms with Crippen LogP contribution in [0.25, 0.3) is 11.1 Å². The Morgan fingerprint density at radius 3 is 2.57 bits per heavy atom. The quantitative estimate of drug-likeness (QED) is 0.644. The van der Waals surface area contributed by atoms with Crippen LogP contribution in [0.4, 0.5) is 10.1 Å². The molecule has 3 aromatic carbocycles. The smallest absolute Gasteiger partial charge is 0.231 e. The Balaban J connectivity index is 1.28. The number of aryl methyl sites for hydroxylation is 1. The highest BCUT2D eigenvalue weighted by atomic mass is 19.1. The second-order valence-electron chi connectivity index (χ2n) is 6.65. The Labute approximate surface area is 162 Å². The summed E-state index contributed by atoms with van der Waals surface area (Å²) in [7, 11) is 0. The van der Waals surface area contributed by atoms with Gasteiger partial charge in [0.2, 0.25) is 12.7 Å². The molecule has 0 saturated carbocycles. The highest BCUT2D eigenvalue weighted by Crippen LogP contribution is 2.34. The van der Waals surface area contributed by atoms with Crippen LogP contribution >= 0.6 is 0 Å². The zero-order chi connectivity index (χ0) is 19.3. The van der Waals surface area contributed by atoms with Gasteiger partial charge in [0.1, 0.15) is 5.82 Å². The van der Waals surface area contributed by atoms with Gasteiger partial charge in [-0.3, -0.25) is 4.79 Å². The molecule has 0 saturated heterocycles. The van der Waals surface area contributed by atoms with Crippen LogP contribution in [0.5, 0.6) is 11.5 Å². The first-order valence-electron chi connectivity index (χ1n) is 9.22. The van der Waals surface area contributed by atoms with E-state index in [1.807, 2.05) is 30.3 Å². The summed E-state index contributed by atoms with van der Waals surface area (Å²) in [5, 5.41) is 2.88. The van der Waals surface area contributed by atoms with Gasteiger partial charge < -0.3 is 14.8 Å². The molecular weight excluding hydrogens is 357 g/mol. The highest BCUT2D eigenvalue weighted by molar-refractivity contribution is 5.91. The average Bonchev–Trinajstić information content (AvgIpc) is 3.17. The van der Waals surface area contributed by atoms with E-state index in [0.29, 0.717) is 29.2 Å². The van der Waals surface area contributed by atoms with Crippen molar-refractivity contribution in [2.24, 2.45) is 0 Å². The first-order chi connectivity index (χ1) is 13.7. The number of carbonyl (C=O) groups excluding carboxylic acids is 1. The van der Waals surface area contributed by atoms with Crippen LogP contribution < -0.4 is 14.8 Å². The number of amides is 1. The van der Waals surface area contributed by atoms with Crippen molar-refractivity contribution in [2.45, 2.75) is 19.3 Å². The van der Waals surface area contributed by atoms with Crippen molar-refractivity contribution in [3.05, 3.63) is 78.1 Å². The third-order valence-corrected chi connectivity index (χ3v) is 4.66. The predicted molar refractivity (Wildman–Crippen MR) is 106 cm³/mol. The minimum Gasteiger partial charge on any atom is -0.454 e. The molecular formula is C23H20FNO3. The minimum absolute atomic E-state index is 0.0400. The van der Waals surface area contributed by atoms with Gasteiger partial charge in [0.15, 0.2) is 11.5 Å². The van der Waals surface area contributed by atoms with Crippen LogP contribution in [0.15, 0.2) is 66.7 Å². The molecule has 4 nitrogen and oxygen atoms in total. The topological polar surface area (TPSA) is 47.6 Å². The summed E-state index contributed by atoms with van der Waals surface area (Å²) in [4.78, 5) is 12.2. The number of carbonyl (C=O) groups is 1. The lowest BCUT2D eigenvalue weighted by Gasteiger charge is -2.07. The Morgan fingerprint density at radius 1 is 0.964 bits per heavy atom. The normalized spacial score (nSPS) is 12.0. The standard InChI is InChI=1S/C23H20FNO3/c24-20-6-2-1-5-19(20)17-10-8-16(9-11-17)4-3-7-23(26)25-18-12-13-21-22(14-18)28-15-27-21/h1-2,5-6,8-14H,3-4,7,15H2,(H,25,26). The molecule has 4 rings (SSSR count). The van der Waals surface area contributed by atoms with Crippen LogP contribution in [0.2, 0.25) is 0 Å². The van der Waals surface area contributed by atoms with Crippen LogP contribution in [0.1, 0.15) is 18.4 Å². The van der Waals surface area contributed by atoms with E-state index < -0.39 is 0 Å². The fraction of sp³-hybridized carbons (Fsp3) is 0.174. The van der Waals surface area contributed by atoms with E-state index in [0.717, 1.165) is 24.0 Å². The Hall–Kier alpha value is -3.34. The van der Waals surface area contributed by atoms with Gasteiger partial charge in [-0.2, -0.15) is 0 Å². The molecule has 1 N–H and O–H groups in total. The Morgan fingerprint density at radius 2 is 1.75 bits per heavy atom. The van der Waals surface area contributed by atoms with E-state index in [9.17, 15) is 9.18 Å². The molecule has 0 fully saturated rings. The van der Waals surface area contributed by atoms with Gasteiger partial charge in [0, 0.05) is 23.7 Å². The lowest BCUT2D eigenvalue weighted by molar-refractivity contribution is -0.116. The molecule has 0 aromatic heterocycles. The summed E-state index contributed by atoms with van der Waals surface area (Å²) in [5.74, 6) is 1.07. The number of hydrogen-bond donors (Lipinski definition) is 1. The second kappa shape index (κ2) is 8.13. The van der Waals surface area contributed by atoms with E-state index in [2.05, 4.69) is 5.32 Å². The number of hydrogen-bond acceptors (Lipinski definition) is 3. The van der Waals surface area contributed by atoms with Crippen molar-refractivity contribution in [1.29, 1.82) is 0 Å². The van der Waals surface area contributed by atoms with Crippen molar-refractivity contribution < 1.29 is 18.7 Å². The summed E-state index contributed by atoms with van der Waals surface area (Å²) in [6.45, 7) is 0.211. The van der Waals surface area contributed by atoms with Gasteiger partial charge in [-0.25, -0.2) is 4.39 Å². The van der Waals surface area contributed by atoms with E-state index in [1.165, 1.54) is 6.07 Å². The molecule has 0 atom stereocenters. The van der Waals surface area contributed by atoms with Crippen molar-refractivity contribution in [2.75, 3.05) is 12.1 Å². The molecule has 1 heterocycles.